The van der Waals surface area contributed by atoms with Crippen LogP contribution in [0.1, 0.15) is 39.5 Å². The van der Waals surface area contributed by atoms with Crippen LogP contribution in [0.5, 0.6) is 0 Å². The van der Waals surface area contributed by atoms with Gasteiger partial charge in [0.1, 0.15) is 6.04 Å². The number of urea groups is 1. The highest BCUT2D eigenvalue weighted by Gasteiger charge is 2.32. The third kappa shape index (κ3) is 3.85. The molecule has 2 rings (SSSR count). The molecule has 0 aromatic heterocycles. The summed E-state index contributed by atoms with van der Waals surface area (Å²) in [7, 11) is 0. The summed E-state index contributed by atoms with van der Waals surface area (Å²) < 4.78 is 0. The molecule has 2 aliphatic rings. The molecule has 3 atom stereocenters. The zero-order chi connectivity index (χ0) is 14.0. The van der Waals surface area contributed by atoms with Crippen LogP contribution in [0.15, 0.2) is 0 Å². The van der Waals surface area contributed by atoms with Crippen molar-refractivity contribution in [1.82, 2.24) is 10.2 Å². The van der Waals surface area contributed by atoms with Crippen molar-refractivity contribution in [2.75, 3.05) is 13.1 Å². The van der Waals surface area contributed by atoms with Crippen molar-refractivity contribution < 1.29 is 14.7 Å². The van der Waals surface area contributed by atoms with Gasteiger partial charge >= 0.3 is 12.0 Å². The Hall–Kier alpha value is -1.26. The Kier molecular flexibility index (Phi) is 4.32. The summed E-state index contributed by atoms with van der Waals surface area (Å²) in [5.74, 6) is 0.678. The third-order valence-corrected chi connectivity index (χ3v) is 4.48. The molecule has 1 heterocycles. The van der Waals surface area contributed by atoms with Crippen LogP contribution in [0.3, 0.4) is 0 Å². The highest BCUT2D eigenvalue weighted by Crippen LogP contribution is 2.33. The van der Waals surface area contributed by atoms with E-state index in [0.29, 0.717) is 24.2 Å². The molecule has 1 aliphatic carbocycles. The smallest absolute Gasteiger partial charge is 0.326 e. The number of hydrogen-bond acceptors (Lipinski definition) is 2. The van der Waals surface area contributed by atoms with Gasteiger partial charge < -0.3 is 15.3 Å². The lowest BCUT2D eigenvalue weighted by Gasteiger charge is -2.35. The first kappa shape index (κ1) is 14.2. The Balaban J connectivity index is 1.85. The number of nitrogens with one attached hydrogen (secondary N) is 1. The number of carbonyl (C=O) groups excluding carboxylic acids is 1. The zero-order valence-electron chi connectivity index (χ0n) is 11.8. The average molecular weight is 268 g/mol. The van der Waals surface area contributed by atoms with Gasteiger partial charge in [0.15, 0.2) is 0 Å². The number of carboxylic acid groups (broad SMARTS) is 1. The largest absolute Gasteiger partial charge is 0.480 e. The first-order chi connectivity index (χ1) is 8.97. The SMILES string of the molecule is CC1CCN(C(=O)NC(CC2CC2)C(=O)O)CC1C. The summed E-state index contributed by atoms with van der Waals surface area (Å²) >= 11 is 0. The number of aliphatic carboxylic acids is 1. The molecular weight excluding hydrogens is 244 g/mol. The fourth-order valence-corrected chi connectivity index (χ4v) is 2.60. The molecule has 2 N–H and O–H groups in total. The molecule has 1 saturated carbocycles. The van der Waals surface area contributed by atoms with Crippen molar-refractivity contribution in [3.8, 4) is 0 Å². The molecule has 19 heavy (non-hydrogen) atoms. The van der Waals surface area contributed by atoms with Gasteiger partial charge in [-0.3, -0.25) is 0 Å². The fraction of sp³-hybridized carbons (Fsp3) is 0.857. The molecule has 2 amide bonds. The number of nitrogens with zero attached hydrogens (tertiary/aromatic N) is 1. The highest BCUT2D eigenvalue weighted by molar-refractivity contribution is 5.82. The van der Waals surface area contributed by atoms with E-state index in [2.05, 4.69) is 19.2 Å². The van der Waals surface area contributed by atoms with Gasteiger partial charge in [-0.1, -0.05) is 26.7 Å². The molecule has 5 nitrogen and oxygen atoms in total. The monoisotopic (exact) mass is 268 g/mol. The second-order valence-corrected chi connectivity index (χ2v) is 6.21. The Bertz CT molecular complexity index is 355. The molecule has 0 spiro atoms. The maximum Gasteiger partial charge on any atom is 0.326 e. The van der Waals surface area contributed by atoms with Crippen molar-refractivity contribution in [2.24, 2.45) is 17.8 Å². The van der Waals surface area contributed by atoms with E-state index in [1.807, 2.05) is 0 Å². The van der Waals surface area contributed by atoms with Gasteiger partial charge in [-0.05, 0) is 30.6 Å². The fourth-order valence-electron chi connectivity index (χ4n) is 2.60. The zero-order valence-corrected chi connectivity index (χ0v) is 11.8. The number of carbonyl (C=O) groups is 2. The molecular formula is C14H24N2O3. The Morgan fingerprint density at radius 1 is 1.26 bits per heavy atom. The van der Waals surface area contributed by atoms with Gasteiger partial charge in [0.25, 0.3) is 0 Å². The van der Waals surface area contributed by atoms with Crippen molar-refractivity contribution in [3.05, 3.63) is 0 Å². The number of likely N-dealkylation sites (tertiary alicyclic amines) is 1. The predicted molar refractivity (Wildman–Crippen MR) is 71.8 cm³/mol. The Morgan fingerprint density at radius 2 is 1.95 bits per heavy atom. The van der Waals surface area contributed by atoms with Gasteiger partial charge in [0, 0.05) is 13.1 Å². The van der Waals surface area contributed by atoms with Crippen LogP contribution in [-0.4, -0.2) is 41.1 Å². The summed E-state index contributed by atoms with van der Waals surface area (Å²) in [6.07, 6.45) is 3.76. The molecule has 108 valence electrons. The first-order valence-corrected chi connectivity index (χ1v) is 7.25. The van der Waals surface area contributed by atoms with Crippen molar-refractivity contribution in [1.29, 1.82) is 0 Å². The molecule has 1 aliphatic heterocycles. The van der Waals surface area contributed by atoms with E-state index in [1.54, 1.807) is 4.90 Å². The molecule has 2 fully saturated rings. The second kappa shape index (κ2) is 5.80. The maximum absolute atomic E-state index is 12.1. The minimum absolute atomic E-state index is 0.216. The standard InChI is InChI=1S/C14H24N2O3/c1-9-5-6-16(8-10(9)2)14(19)15-12(13(17)18)7-11-3-4-11/h9-12H,3-8H2,1-2H3,(H,15,19)(H,17,18). The number of carboxylic acids is 1. The molecule has 5 heteroatoms. The summed E-state index contributed by atoms with van der Waals surface area (Å²) in [4.78, 5) is 25.0. The van der Waals surface area contributed by atoms with Crippen LogP contribution in [-0.2, 0) is 4.79 Å². The minimum atomic E-state index is -0.918. The lowest BCUT2D eigenvalue weighted by Crippen LogP contribution is -2.51. The van der Waals surface area contributed by atoms with E-state index < -0.39 is 12.0 Å². The van der Waals surface area contributed by atoms with E-state index in [-0.39, 0.29) is 6.03 Å². The molecule has 0 radical (unpaired) electrons. The molecule has 3 unspecified atom stereocenters. The highest BCUT2D eigenvalue weighted by atomic mass is 16.4. The summed E-state index contributed by atoms with van der Waals surface area (Å²) in [5, 5.41) is 11.8. The van der Waals surface area contributed by atoms with Gasteiger partial charge in [0.2, 0.25) is 0 Å². The summed E-state index contributed by atoms with van der Waals surface area (Å²) in [6.45, 7) is 5.80. The van der Waals surface area contributed by atoms with Crippen molar-refractivity contribution in [2.45, 2.75) is 45.6 Å². The van der Waals surface area contributed by atoms with Gasteiger partial charge in [-0.25, -0.2) is 9.59 Å². The van der Waals surface area contributed by atoms with Gasteiger partial charge in [-0.2, -0.15) is 0 Å². The van der Waals surface area contributed by atoms with Crippen molar-refractivity contribution in [3.63, 3.8) is 0 Å². The molecule has 0 aromatic rings. The normalized spacial score (nSPS) is 28.8. The summed E-state index contributed by atoms with van der Waals surface area (Å²) in [6, 6.07) is -0.943. The Morgan fingerprint density at radius 3 is 2.47 bits per heavy atom. The van der Waals surface area contributed by atoms with Gasteiger partial charge in [-0.15, -0.1) is 0 Å². The predicted octanol–water partition coefficient (Wildman–Crippen LogP) is 1.93. The first-order valence-electron chi connectivity index (χ1n) is 7.25. The van der Waals surface area contributed by atoms with Crippen LogP contribution in [0, 0.1) is 17.8 Å². The number of piperidine rings is 1. The van der Waals surface area contributed by atoms with E-state index in [1.165, 1.54) is 0 Å². The number of amides is 2. The van der Waals surface area contributed by atoms with E-state index in [9.17, 15) is 9.59 Å². The second-order valence-electron chi connectivity index (χ2n) is 6.21. The van der Waals surface area contributed by atoms with Crippen LogP contribution >= 0.6 is 0 Å². The van der Waals surface area contributed by atoms with E-state index in [4.69, 9.17) is 5.11 Å². The molecule has 1 saturated heterocycles. The number of hydrogen-bond donors (Lipinski definition) is 2. The topological polar surface area (TPSA) is 69.6 Å². The number of rotatable bonds is 4. The molecule has 0 bridgehead atoms. The Labute approximate surface area is 114 Å². The lowest BCUT2D eigenvalue weighted by molar-refractivity contribution is -0.139. The maximum atomic E-state index is 12.1. The van der Waals surface area contributed by atoms with Crippen LogP contribution < -0.4 is 5.32 Å². The third-order valence-electron chi connectivity index (χ3n) is 4.48. The quantitative estimate of drug-likeness (QED) is 0.818. The van der Waals surface area contributed by atoms with Crippen molar-refractivity contribution >= 4 is 12.0 Å². The van der Waals surface area contributed by atoms with Crippen LogP contribution in [0.4, 0.5) is 4.79 Å². The average Bonchev–Trinajstić information content (AvgIpc) is 3.15. The van der Waals surface area contributed by atoms with Crippen LogP contribution in [0.25, 0.3) is 0 Å². The van der Waals surface area contributed by atoms with E-state index in [0.717, 1.165) is 32.4 Å². The summed E-state index contributed by atoms with van der Waals surface area (Å²) in [5.41, 5.74) is 0. The lowest BCUT2D eigenvalue weighted by atomic mass is 9.89. The van der Waals surface area contributed by atoms with Gasteiger partial charge in [0.05, 0.1) is 0 Å². The minimum Gasteiger partial charge on any atom is -0.480 e. The van der Waals surface area contributed by atoms with E-state index >= 15 is 0 Å². The van der Waals surface area contributed by atoms with Crippen LogP contribution in [0.2, 0.25) is 0 Å². The molecule has 0 aromatic carbocycles.